The number of rotatable bonds is 3. The number of ether oxygens (including phenoxy) is 1. The van der Waals surface area contributed by atoms with Crippen LogP contribution in [0.1, 0.15) is 38.8 Å². The topological polar surface area (TPSA) is 70.3 Å². The van der Waals surface area contributed by atoms with Crippen LogP contribution in [-0.4, -0.2) is 17.7 Å². The Morgan fingerprint density at radius 3 is 2.11 bits per heavy atom. The molecule has 102 valence electrons. The van der Waals surface area contributed by atoms with Crippen LogP contribution in [0.4, 0.5) is 0 Å². The zero-order chi connectivity index (χ0) is 14.7. The van der Waals surface area contributed by atoms with E-state index in [9.17, 15) is 9.90 Å². The summed E-state index contributed by atoms with van der Waals surface area (Å²) >= 11 is 0. The van der Waals surface area contributed by atoms with E-state index in [1.54, 1.807) is 37.3 Å². The molecule has 0 radical (unpaired) electrons. The zero-order valence-electron chi connectivity index (χ0n) is 11.7. The van der Waals surface area contributed by atoms with Gasteiger partial charge in [-0.3, -0.25) is 0 Å². The minimum atomic E-state index is -2.24. The highest BCUT2D eigenvalue weighted by molar-refractivity contribution is 5.84. The van der Waals surface area contributed by atoms with Gasteiger partial charge in [0.1, 0.15) is 6.07 Å². The van der Waals surface area contributed by atoms with Crippen LogP contribution in [0, 0.1) is 11.3 Å². The van der Waals surface area contributed by atoms with Crippen molar-refractivity contribution in [3.05, 3.63) is 35.4 Å². The average Bonchev–Trinajstić information content (AvgIpc) is 2.37. The lowest BCUT2D eigenvalue weighted by atomic mass is 9.85. The summed E-state index contributed by atoms with van der Waals surface area (Å²) in [6.07, 6.45) is 0. The van der Waals surface area contributed by atoms with E-state index in [-0.39, 0.29) is 17.6 Å². The summed E-state index contributed by atoms with van der Waals surface area (Å²) in [5, 5.41) is 19.2. The lowest BCUT2D eigenvalue weighted by Gasteiger charge is -2.22. The first-order chi connectivity index (χ1) is 8.75. The van der Waals surface area contributed by atoms with Crippen LogP contribution in [0.2, 0.25) is 0 Å². The number of benzene rings is 1. The minimum Gasteiger partial charge on any atom is -0.463 e. The maximum absolute atomic E-state index is 11.7. The number of hydrogen-bond donors (Lipinski definition) is 1. The molecular formula is C15H19NO3. The highest BCUT2D eigenvalue weighted by Crippen LogP contribution is 2.27. The number of nitrogens with zero attached hydrogens (tertiary/aromatic N) is 1. The summed E-state index contributed by atoms with van der Waals surface area (Å²) in [6, 6.07) is 8.39. The molecular weight excluding hydrogens is 242 g/mol. The van der Waals surface area contributed by atoms with E-state index in [1.807, 2.05) is 0 Å². The van der Waals surface area contributed by atoms with Gasteiger partial charge in [-0.15, -0.1) is 0 Å². The Bertz CT molecular complexity index is 494. The summed E-state index contributed by atoms with van der Waals surface area (Å²) in [7, 11) is 0. The van der Waals surface area contributed by atoms with Gasteiger partial charge < -0.3 is 9.84 Å². The maximum Gasteiger partial charge on any atom is 0.358 e. The van der Waals surface area contributed by atoms with Crippen LogP contribution in [0.15, 0.2) is 24.3 Å². The third-order valence-corrected chi connectivity index (χ3v) is 2.90. The molecule has 4 nitrogen and oxygen atoms in total. The number of aliphatic hydroxyl groups is 1. The molecule has 0 saturated carbocycles. The molecule has 0 aliphatic rings. The number of esters is 1. The van der Waals surface area contributed by atoms with Gasteiger partial charge in [0.2, 0.25) is 0 Å². The van der Waals surface area contributed by atoms with Crippen molar-refractivity contribution in [3.8, 4) is 6.07 Å². The van der Waals surface area contributed by atoms with Gasteiger partial charge in [0.15, 0.2) is 0 Å². The Morgan fingerprint density at radius 2 is 1.74 bits per heavy atom. The Balaban J connectivity index is 3.15. The van der Waals surface area contributed by atoms with E-state index in [2.05, 4.69) is 20.8 Å². The van der Waals surface area contributed by atoms with Gasteiger partial charge in [-0.25, -0.2) is 4.79 Å². The lowest BCUT2D eigenvalue weighted by Crippen LogP contribution is -2.36. The molecule has 1 rings (SSSR count). The third kappa shape index (κ3) is 3.12. The average molecular weight is 261 g/mol. The van der Waals surface area contributed by atoms with Crippen LogP contribution in [0.5, 0.6) is 0 Å². The largest absolute Gasteiger partial charge is 0.463 e. The van der Waals surface area contributed by atoms with Crippen LogP contribution < -0.4 is 0 Å². The fourth-order valence-corrected chi connectivity index (χ4v) is 1.68. The Morgan fingerprint density at radius 1 is 1.26 bits per heavy atom. The molecule has 0 saturated heterocycles. The number of carbonyl (C=O) groups is 1. The molecule has 0 spiro atoms. The normalized spacial score (nSPS) is 14.3. The fraction of sp³-hybridized carbons (Fsp3) is 0.467. The standard InChI is InChI=1S/C15H19NO3/c1-5-19-13(17)15(18,10-16)12-8-6-11(7-9-12)14(2,3)4/h6-9,18H,5H2,1-4H3/t15-/m0/s1. The van der Waals surface area contributed by atoms with E-state index in [0.717, 1.165) is 5.56 Å². The number of hydrogen-bond acceptors (Lipinski definition) is 4. The van der Waals surface area contributed by atoms with Gasteiger partial charge in [0, 0.05) is 5.56 Å². The summed E-state index contributed by atoms with van der Waals surface area (Å²) < 4.78 is 4.74. The molecule has 0 heterocycles. The molecule has 4 heteroatoms. The van der Waals surface area contributed by atoms with E-state index < -0.39 is 11.6 Å². The van der Waals surface area contributed by atoms with Gasteiger partial charge in [-0.2, -0.15) is 5.26 Å². The fourth-order valence-electron chi connectivity index (χ4n) is 1.68. The van der Waals surface area contributed by atoms with Gasteiger partial charge in [-0.1, -0.05) is 45.0 Å². The molecule has 1 N–H and O–H groups in total. The van der Waals surface area contributed by atoms with Crippen LogP contribution in [-0.2, 0) is 20.5 Å². The quantitative estimate of drug-likeness (QED) is 0.669. The van der Waals surface area contributed by atoms with Crippen molar-refractivity contribution in [1.29, 1.82) is 5.26 Å². The second kappa shape index (κ2) is 5.41. The molecule has 1 aromatic carbocycles. The van der Waals surface area contributed by atoms with E-state index in [4.69, 9.17) is 10.00 Å². The Hall–Kier alpha value is -1.86. The molecule has 0 unspecified atom stereocenters. The summed E-state index contributed by atoms with van der Waals surface area (Å²) in [5.41, 5.74) is -0.999. The molecule has 1 atom stereocenters. The van der Waals surface area contributed by atoms with Gasteiger partial charge in [0.05, 0.1) is 6.61 Å². The molecule has 0 aromatic heterocycles. The summed E-state index contributed by atoms with van der Waals surface area (Å²) in [4.78, 5) is 11.7. The van der Waals surface area contributed by atoms with Crippen molar-refractivity contribution in [2.24, 2.45) is 0 Å². The van der Waals surface area contributed by atoms with Crippen LogP contribution in [0.3, 0.4) is 0 Å². The monoisotopic (exact) mass is 261 g/mol. The Kier molecular flexibility index (Phi) is 4.33. The minimum absolute atomic E-state index is 0.0345. The highest BCUT2D eigenvalue weighted by atomic mass is 16.5. The number of carbonyl (C=O) groups excluding carboxylic acids is 1. The molecule has 0 bridgehead atoms. The van der Waals surface area contributed by atoms with Gasteiger partial charge in [-0.05, 0) is 17.9 Å². The summed E-state index contributed by atoms with van der Waals surface area (Å²) in [5.74, 6) is -0.944. The first-order valence-corrected chi connectivity index (χ1v) is 6.17. The maximum atomic E-state index is 11.7. The van der Waals surface area contributed by atoms with Crippen molar-refractivity contribution in [3.63, 3.8) is 0 Å². The second-order valence-electron chi connectivity index (χ2n) is 5.37. The SMILES string of the molecule is CCOC(=O)[C@](O)(C#N)c1ccc(C(C)(C)C)cc1. The van der Waals surface area contributed by atoms with Crippen LogP contribution in [0.25, 0.3) is 0 Å². The summed E-state index contributed by atoms with van der Waals surface area (Å²) in [6.45, 7) is 7.92. The van der Waals surface area contributed by atoms with Gasteiger partial charge >= 0.3 is 5.97 Å². The molecule has 0 aliphatic heterocycles. The van der Waals surface area contributed by atoms with Crippen LogP contribution >= 0.6 is 0 Å². The predicted molar refractivity (Wildman–Crippen MR) is 71.3 cm³/mol. The second-order valence-corrected chi connectivity index (χ2v) is 5.37. The molecule has 0 aliphatic carbocycles. The smallest absolute Gasteiger partial charge is 0.358 e. The van der Waals surface area contributed by atoms with E-state index in [0.29, 0.717) is 0 Å². The number of nitriles is 1. The van der Waals surface area contributed by atoms with Crippen molar-refractivity contribution < 1.29 is 14.6 Å². The molecule has 0 fully saturated rings. The van der Waals surface area contributed by atoms with E-state index in [1.165, 1.54) is 0 Å². The van der Waals surface area contributed by atoms with Crippen molar-refractivity contribution in [2.75, 3.05) is 6.61 Å². The van der Waals surface area contributed by atoms with Crippen molar-refractivity contribution in [2.45, 2.75) is 38.7 Å². The Labute approximate surface area is 113 Å². The first-order valence-electron chi connectivity index (χ1n) is 6.17. The lowest BCUT2D eigenvalue weighted by molar-refractivity contribution is -0.160. The molecule has 1 aromatic rings. The highest BCUT2D eigenvalue weighted by Gasteiger charge is 2.40. The van der Waals surface area contributed by atoms with Crippen molar-refractivity contribution in [1.82, 2.24) is 0 Å². The van der Waals surface area contributed by atoms with Crippen molar-refractivity contribution >= 4 is 5.97 Å². The van der Waals surface area contributed by atoms with Gasteiger partial charge in [0.25, 0.3) is 5.60 Å². The molecule has 0 amide bonds. The predicted octanol–water partition coefficient (Wildman–Crippen LogP) is 2.26. The third-order valence-electron chi connectivity index (χ3n) is 2.90. The van der Waals surface area contributed by atoms with E-state index >= 15 is 0 Å². The first kappa shape index (κ1) is 15.2. The zero-order valence-corrected chi connectivity index (χ0v) is 11.7. The molecule has 19 heavy (non-hydrogen) atoms.